The van der Waals surface area contributed by atoms with E-state index in [1.54, 1.807) is 4.90 Å². The van der Waals surface area contributed by atoms with Crippen molar-refractivity contribution < 1.29 is 9.53 Å². The van der Waals surface area contributed by atoms with Gasteiger partial charge in [0.15, 0.2) is 10.8 Å². The van der Waals surface area contributed by atoms with Crippen LogP contribution >= 0.6 is 11.6 Å². The maximum Gasteiger partial charge on any atom is 0.277 e. The number of aromatic nitrogens is 3. The Labute approximate surface area is 127 Å². The van der Waals surface area contributed by atoms with Crippen molar-refractivity contribution in [1.82, 2.24) is 19.9 Å². The van der Waals surface area contributed by atoms with E-state index < -0.39 is 0 Å². The number of morpholine rings is 1. The number of ether oxygens (including phenoxy) is 1. The Morgan fingerprint density at radius 1 is 1.24 bits per heavy atom. The summed E-state index contributed by atoms with van der Waals surface area (Å²) in [6.45, 7) is 2.69. The minimum Gasteiger partial charge on any atom is -0.378 e. The number of halogens is 1. The van der Waals surface area contributed by atoms with E-state index in [1.165, 1.54) is 4.68 Å². The number of hydrogen-bond donors (Lipinski definition) is 0. The molecule has 2 aromatic rings. The fourth-order valence-electron chi connectivity index (χ4n) is 2.21. The molecule has 0 spiro atoms. The second-order valence-corrected chi connectivity index (χ2v) is 5.13. The third-order valence-corrected chi connectivity index (χ3v) is 3.72. The number of amides is 1. The van der Waals surface area contributed by atoms with Crippen molar-refractivity contribution in [2.45, 2.75) is 6.54 Å². The van der Waals surface area contributed by atoms with Gasteiger partial charge in [-0.15, -0.1) is 5.10 Å². The summed E-state index contributed by atoms with van der Waals surface area (Å²) in [5.41, 5.74) is 1.25. The molecule has 0 aliphatic carbocycles. The average molecular weight is 307 g/mol. The number of carbonyl (C=O) groups excluding carboxylic acids is 1. The smallest absolute Gasteiger partial charge is 0.277 e. The molecule has 1 aromatic heterocycles. The molecule has 0 unspecified atom stereocenters. The van der Waals surface area contributed by atoms with Crippen LogP contribution < -0.4 is 0 Å². The first-order valence-corrected chi connectivity index (χ1v) is 7.13. The van der Waals surface area contributed by atoms with Crippen LogP contribution in [-0.2, 0) is 11.3 Å². The van der Waals surface area contributed by atoms with Crippen molar-refractivity contribution in [2.24, 2.45) is 0 Å². The zero-order chi connectivity index (χ0) is 14.7. The molecule has 1 saturated heterocycles. The first kappa shape index (κ1) is 14.0. The van der Waals surface area contributed by atoms with Crippen LogP contribution in [0.5, 0.6) is 0 Å². The van der Waals surface area contributed by atoms with Gasteiger partial charge in [0.2, 0.25) is 0 Å². The maximum atomic E-state index is 12.4. The van der Waals surface area contributed by atoms with Crippen LogP contribution in [0.3, 0.4) is 0 Å². The van der Waals surface area contributed by atoms with Gasteiger partial charge < -0.3 is 9.64 Å². The van der Waals surface area contributed by atoms with Crippen LogP contribution in [0.25, 0.3) is 0 Å². The Kier molecular flexibility index (Phi) is 4.17. The predicted octanol–water partition coefficient (Wildman–Crippen LogP) is 1.45. The zero-order valence-electron chi connectivity index (χ0n) is 11.4. The quantitative estimate of drug-likeness (QED) is 0.861. The van der Waals surface area contributed by atoms with Crippen LogP contribution in [0.4, 0.5) is 0 Å². The predicted molar refractivity (Wildman–Crippen MR) is 77.3 cm³/mol. The van der Waals surface area contributed by atoms with Crippen molar-refractivity contribution >= 4 is 17.5 Å². The SMILES string of the molecule is O=C(c1nnn(Cc2ccccc2)c1Cl)N1CCOCC1. The van der Waals surface area contributed by atoms with Gasteiger partial charge in [0.1, 0.15) is 0 Å². The molecule has 0 bridgehead atoms. The summed E-state index contributed by atoms with van der Waals surface area (Å²) in [5.74, 6) is -0.192. The molecule has 0 saturated carbocycles. The van der Waals surface area contributed by atoms with Crippen molar-refractivity contribution in [2.75, 3.05) is 26.3 Å². The van der Waals surface area contributed by atoms with Crippen molar-refractivity contribution in [1.29, 1.82) is 0 Å². The Morgan fingerprint density at radius 3 is 2.67 bits per heavy atom. The highest BCUT2D eigenvalue weighted by Gasteiger charge is 2.25. The molecule has 1 aliphatic heterocycles. The normalized spacial score (nSPS) is 15.2. The lowest BCUT2D eigenvalue weighted by atomic mass is 10.2. The number of carbonyl (C=O) groups is 1. The summed E-state index contributed by atoms with van der Waals surface area (Å²) in [6, 6.07) is 9.78. The molecule has 1 aliphatic rings. The number of hydrogen-bond acceptors (Lipinski definition) is 4. The van der Waals surface area contributed by atoms with E-state index in [2.05, 4.69) is 10.3 Å². The van der Waals surface area contributed by atoms with Gasteiger partial charge in [0, 0.05) is 13.1 Å². The summed E-state index contributed by atoms with van der Waals surface area (Å²) in [7, 11) is 0. The molecule has 1 aromatic carbocycles. The first-order valence-electron chi connectivity index (χ1n) is 6.75. The number of rotatable bonds is 3. The van der Waals surface area contributed by atoms with Crippen molar-refractivity contribution in [3.8, 4) is 0 Å². The van der Waals surface area contributed by atoms with Gasteiger partial charge in [-0.2, -0.15) is 0 Å². The molecule has 0 atom stereocenters. The third kappa shape index (κ3) is 3.06. The highest BCUT2D eigenvalue weighted by atomic mass is 35.5. The van der Waals surface area contributed by atoms with E-state index in [-0.39, 0.29) is 16.8 Å². The molecule has 1 fully saturated rings. The van der Waals surface area contributed by atoms with Gasteiger partial charge in [0.25, 0.3) is 5.91 Å². The molecular formula is C14H15ClN4O2. The summed E-state index contributed by atoms with van der Waals surface area (Å²) < 4.78 is 6.76. The highest BCUT2D eigenvalue weighted by molar-refractivity contribution is 6.32. The highest BCUT2D eigenvalue weighted by Crippen LogP contribution is 2.17. The van der Waals surface area contributed by atoms with Gasteiger partial charge in [-0.25, -0.2) is 4.68 Å². The monoisotopic (exact) mass is 306 g/mol. The summed E-state index contributed by atoms with van der Waals surface area (Å²) in [6.07, 6.45) is 0. The van der Waals surface area contributed by atoms with Crippen molar-refractivity contribution in [3.05, 3.63) is 46.7 Å². The molecule has 0 N–H and O–H groups in total. The standard InChI is InChI=1S/C14H15ClN4O2/c15-13-12(14(20)18-6-8-21-9-7-18)16-17-19(13)10-11-4-2-1-3-5-11/h1-5H,6-10H2. The Morgan fingerprint density at radius 2 is 1.95 bits per heavy atom. The number of nitrogens with zero attached hydrogens (tertiary/aromatic N) is 4. The van der Waals surface area contributed by atoms with Crippen LogP contribution in [0, 0.1) is 0 Å². The van der Waals surface area contributed by atoms with E-state index in [0.29, 0.717) is 32.8 Å². The molecule has 6 nitrogen and oxygen atoms in total. The molecular weight excluding hydrogens is 292 g/mol. The third-order valence-electron chi connectivity index (χ3n) is 3.35. The van der Waals surface area contributed by atoms with Crippen LogP contribution in [-0.4, -0.2) is 52.1 Å². The molecule has 2 heterocycles. The maximum absolute atomic E-state index is 12.4. The lowest BCUT2D eigenvalue weighted by Crippen LogP contribution is -2.41. The summed E-state index contributed by atoms with van der Waals surface area (Å²) >= 11 is 6.25. The largest absolute Gasteiger partial charge is 0.378 e. The second kappa shape index (κ2) is 6.24. The molecule has 7 heteroatoms. The van der Waals surface area contributed by atoms with E-state index in [9.17, 15) is 4.79 Å². The lowest BCUT2D eigenvalue weighted by molar-refractivity contribution is 0.0299. The Bertz CT molecular complexity index is 623. The van der Waals surface area contributed by atoms with Crippen molar-refractivity contribution in [3.63, 3.8) is 0 Å². The second-order valence-electron chi connectivity index (χ2n) is 4.78. The average Bonchev–Trinajstić information content (AvgIpc) is 2.89. The van der Waals surface area contributed by atoms with Gasteiger partial charge in [-0.1, -0.05) is 47.1 Å². The minimum absolute atomic E-state index is 0.192. The zero-order valence-corrected chi connectivity index (χ0v) is 12.2. The summed E-state index contributed by atoms with van der Waals surface area (Å²) in [4.78, 5) is 14.0. The topological polar surface area (TPSA) is 60.2 Å². The fraction of sp³-hybridized carbons (Fsp3) is 0.357. The van der Waals surface area contributed by atoms with Gasteiger partial charge in [-0.3, -0.25) is 4.79 Å². The van der Waals surface area contributed by atoms with E-state index >= 15 is 0 Å². The molecule has 0 radical (unpaired) electrons. The molecule has 1 amide bonds. The lowest BCUT2D eigenvalue weighted by Gasteiger charge is -2.25. The van der Waals surface area contributed by atoms with E-state index in [1.807, 2.05) is 30.3 Å². The molecule has 21 heavy (non-hydrogen) atoms. The minimum atomic E-state index is -0.192. The first-order chi connectivity index (χ1) is 10.3. The molecule has 3 rings (SSSR count). The van der Waals surface area contributed by atoms with Crippen LogP contribution in [0.1, 0.15) is 16.1 Å². The van der Waals surface area contributed by atoms with E-state index in [0.717, 1.165) is 5.56 Å². The Balaban J connectivity index is 1.77. The van der Waals surface area contributed by atoms with Gasteiger partial charge in [0.05, 0.1) is 19.8 Å². The van der Waals surface area contributed by atoms with Gasteiger partial charge in [-0.05, 0) is 5.56 Å². The summed E-state index contributed by atoms with van der Waals surface area (Å²) in [5, 5.41) is 8.19. The van der Waals surface area contributed by atoms with E-state index in [4.69, 9.17) is 16.3 Å². The fourth-order valence-corrected chi connectivity index (χ4v) is 2.42. The van der Waals surface area contributed by atoms with Crippen LogP contribution in [0.2, 0.25) is 5.15 Å². The van der Waals surface area contributed by atoms with Crippen LogP contribution in [0.15, 0.2) is 30.3 Å². The number of benzene rings is 1. The molecule has 110 valence electrons. The van der Waals surface area contributed by atoms with Gasteiger partial charge >= 0.3 is 0 Å². The Hall–Kier alpha value is -1.92.